The molecule has 0 aromatic heterocycles. The third-order valence-corrected chi connectivity index (χ3v) is 4.42. The van der Waals surface area contributed by atoms with Gasteiger partial charge in [-0.25, -0.2) is 0 Å². The molecule has 20 heavy (non-hydrogen) atoms. The molecular weight excluding hydrogens is 280 g/mol. The summed E-state index contributed by atoms with van der Waals surface area (Å²) in [6.45, 7) is 4.10. The van der Waals surface area contributed by atoms with Crippen molar-refractivity contribution < 1.29 is 23.9 Å². The summed E-state index contributed by atoms with van der Waals surface area (Å²) in [6.07, 6.45) is -0.203. The Labute approximate surface area is 121 Å². The number of hydrogen-bond donors (Lipinski definition) is 1. The highest BCUT2D eigenvalue weighted by atomic mass is 32.2. The second-order valence-corrected chi connectivity index (χ2v) is 6.67. The predicted molar refractivity (Wildman–Crippen MR) is 74.0 cm³/mol. The SMILES string of the molecule is CC1(C)OC[C@H](C[S+]([O-])c2ccc(CC(=O)O)cc2)O1. The first-order chi connectivity index (χ1) is 9.35. The standard InChI is InChI=1S/C14H18O5S/c1-14(2)18-8-11(19-14)9-20(17)12-5-3-10(4-6-12)7-13(15)16/h3-6,11H,7-9H2,1-2H3,(H,15,16)/t11-,20?/m1/s1. The van der Waals surface area contributed by atoms with Gasteiger partial charge in [0.05, 0.1) is 13.0 Å². The second kappa shape index (κ2) is 6.13. The van der Waals surface area contributed by atoms with Crippen LogP contribution in [-0.4, -0.2) is 39.9 Å². The van der Waals surface area contributed by atoms with Crippen LogP contribution in [0.5, 0.6) is 0 Å². The highest BCUT2D eigenvalue weighted by molar-refractivity contribution is 7.91. The van der Waals surface area contributed by atoms with E-state index < -0.39 is 22.9 Å². The molecule has 0 amide bonds. The maximum Gasteiger partial charge on any atom is 0.307 e. The molecule has 1 aromatic carbocycles. The van der Waals surface area contributed by atoms with Gasteiger partial charge in [0, 0.05) is 0 Å². The minimum atomic E-state index is -1.18. The average molecular weight is 298 g/mol. The van der Waals surface area contributed by atoms with Crippen molar-refractivity contribution in [1.29, 1.82) is 0 Å². The first-order valence-corrected chi connectivity index (χ1v) is 7.68. The molecule has 5 nitrogen and oxygen atoms in total. The van der Waals surface area contributed by atoms with Crippen LogP contribution in [0.2, 0.25) is 0 Å². The van der Waals surface area contributed by atoms with E-state index in [0.29, 0.717) is 22.8 Å². The predicted octanol–water partition coefficient (Wildman–Crippen LogP) is 1.57. The van der Waals surface area contributed by atoms with Gasteiger partial charge in [-0.2, -0.15) is 0 Å². The molecule has 1 aromatic rings. The molecule has 0 spiro atoms. The molecule has 1 fully saturated rings. The van der Waals surface area contributed by atoms with E-state index in [-0.39, 0.29) is 12.5 Å². The molecule has 0 aliphatic carbocycles. The Morgan fingerprint density at radius 1 is 1.45 bits per heavy atom. The second-order valence-electron chi connectivity index (χ2n) is 5.18. The summed E-state index contributed by atoms with van der Waals surface area (Å²) in [5.41, 5.74) is 0.694. The molecule has 0 saturated carbocycles. The van der Waals surface area contributed by atoms with E-state index in [1.807, 2.05) is 13.8 Å². The van der Waals surface area contributed by atoms with E-state index in [2.05, 4.69) is 0 Å². The van der Waals surface area contributed by atoms with Crippen LogP contribution < -0.4 is 0 Å². The van der Waals surface area contributed by atoms with Crippen molar-refractivity contribution >= 4 is 17.1 Å². The van der Waals surface area contributed by atoms with Gasteiger partial charge in [0.15, 0.2) is 10.7 Å². The molecule has 110 valence electrons. The molecule has 1 aliphatic rings. The lowest BCUT2D eigenvalue weighted by molar-refractivity contribution is -0.136. The Morgan fingerprint density at radius 3 is 2.60 bits per heavy atom. The minimum absolute atomic E-state index is 0.0271. The molecule has 1 heterocycles. The maximum absolute atomic E-state index is 12.2. The van der Waals surface area contributed by atoms with Gasteiger partial charge in [-0.1, -0.05) is 12.1 Å². The molecule has 0 radical (unpaired) electrons. The largest absolute Gasteiger partial charge is 0.611 e. The lowest BCUT2D eigenvalue weighted by Gasteiger charge is -2.18. The minimum Gasteiger partial charge on any atom is -0.611 e. The number of carboxylic acid groups (broad SMARTS) is 1. The van der Waals surface area contributed by atoms with Crippen molar-refractivity contribution in [3.8, 4) is 0 Å². The molecule has 2 rings (SSSR count). The van der Waals surface area contributed by atoms with Crippen molar-refractivity contribution in [2.75, 3.05) is 12.4 Å². The van der Waals surface area contributed by atoms with Gasteiger partial charge >= 0.3 is 5.97 Å². The van der Waals surface area contributed by atoms with Crippen LogP contribution in [0.3, 0.4) is 0 Å². The number of benzene rings is 1. The molecule has 2 atom stereocenters. The first kappa shape index (κ1) is 15.3. The van der Waals surface area contributed by atoms with Gasteiger partial charge in [-0.15, -0.1) is 0 Å². The molecule has 0 bridgehead atoms. The zero-order valence-electron chi connectivity index (χ0n) is 11.5. The Hall–Kier alpha value is -1.08. The van der Waals surface area contributed by atoms with Crippen LogP contribution in [0.25, 0.3) is 0 Å². The van der Waals surface area contributed by atoms with Crippen LogP contribution in [0, 0.1) is 0 Å². The number of aliphatic carboxylic acids is 1. The fourth-order valence-corrected chi connectivity index (χ4v) is 3.18. The van der Waals surface area contributed by atoms with E-state index in [1.165, 1.54) is 0 Å². The smallest absolute Gasteiger partial charge is 0.307 e. The van der Waals surface area contributed by atoms with Crippen molar-refractivity contribution in [3.05, 3.63) is 29.8 Å². The monoisotopic (exact) mass is 298 g/mol. The average Bonchev–Trinajstić information content (AvgIpc) is 2.68. The first-order valence-electron chi connectivity index (χ1n) is 6.36. The van der Waals surface area contributed by atoms with E-state index in [1.54, 1.807) is 24.3 Å². The summed E-state index contributed by atoms with van der Waals surface area (Å²) in [6, 6.07) is 6.79. The summed E-state index contributed by atoms with van der Waals surface area (Å²) in [5, 5.41) is 8.69. The third-order valence-electron chi connectivity index (χ3n) is 2.95. The topological polar surface area (TPSA) is 78.8 Å². The number of carbonyl (C=O) groups is 1. The van der Waals surface area contributed by atoms with Gasteiger partial charge in [0.2, 0.25) is 0 Å². The quantitative estimate of drug-likeness (QED) is 0.835. The van der Waals surface area contributed by atoms with Crippen LogP contribution >= 0.6 is 0 Å². The Balaban J connectivity index is 1.92. The lowest BCUT2D eigenvalue weighted by Crippen LogP contribution is -2.26. The normalized spacial score (nSPS) is 22.6. The highest BCUT2D eigenvalue weighted by Gasteiger charge is 2.35. The van der Waals surface area contributed by atoms with Gasteiger partial charge < -0.3 is 19.1 Å². The van der Waals surface area contributed by atoms with Crippen molar-refractivity contribution in [1.82, 2.24) is 0 Å². The van der Waals surface area contributed by atoms with Crippen LogP contribution in [0.4, 0.5) is 0 Å². The number of hydrogen-bond acceptors (Lipinski definition) is 4. The summed E-state index contributed by atoms with van der Waals surface area (Å²) < 4.78 is 23.3. The van der Waals surface area contributed by atoms with E-state index in [0.717, 1.165) is 0 Å². The third kappa shape index (κ3) is 4.21. The maximum atomic E-state index is 12.2. The Kier molecular flexibility index (Phi) is 4.70. The van der Waals surface area contributed by atoms with E-state index in [4.69, 9.17) is 14.6 Å². The summed E-state index contributed by atoms with van der Waals surface area (Å²) >= 11 is -1.18. The van der Waals surface area contributed by atoms with E-state index >= 15 is 0 Å². The molecule has 1 N–H and O–H groups in total. The van der Waals surface area contributed by atoms with Gasteiger partial charge in [-0.3, -0.25) is 4.79 Å². The number of carboxylic acids is 1. The summed E-state index contributed by atoms with van der Waals surface area (Å²) in [5.74, 6) is -1.11. The number of rotatable bonds is 5. The number of ether oxygens (including phenoxy) is 2. The van der Waals surface area contributed by atoms with Gasteiger partial charge in [-0.05, 0) is 42.7 Å². The van der Waals surface area contributed by atoms with Crippen molar-refractivity contribution in [2.24, 2.45) is 0 Å². The fraction of sp³-hybridized carbons (Fsp3) is 0.500. The van der Waals surface area contributed by atoms with Crippen LogP contribution in [0.1, 0.15) is 19.4 Å². The Morgan fingerprint density at radius 2 is 2.10 bits per heavy atom. The molecule has 1 unspecified atom stereocenters. The zero-order valence-corrected chi connectivity index (χ0v) is 12.3. The van der Waals surface area contributed by atoms with Gasteiger partial charge in [0.1, 0.15) is 11.9 Å². The molecule has 1 aliphatic heterocycles. The molecular formula is C14H18O5S. The van der Waals surface area contributed by atoms with Crippen molar-refractivity contribution in [2.45, 2.75) is 37.1 Å². The summed E-state index contributed by atoms with van der Waals surface area (Å²) in [7, 11) is 0. The van der Waals surface area contributed by atoms with Crippen LogP contribution in [-0.2, 0) is 31.9 Å². The van der Waals surface area contributed by atoms with Crippen molar-refractivity contribution in [3.63, 3.8) is 0 Å². The Bertz CT molecular complexity index is 471. The zero-order chi connectivity index (χ0) is 14.8. The van der Waals surface area contributed by atoms with E-state index in [9.17, 15) is 9.35 Å². The fourth-order valence-electron chi connectivity index (χ4n) is 2.04. The van der Waals surface area contributed by atoms with Gasteiger partial charge in [0.25, 0.3) is 0 Å². The molecule has 1 saturated heterocycles. The molecule has 6 heteroatoms. The lowest BCUT2D eigenvalue weighted by atomic mass is 10.2. The summed E-state index contributed by atoms with van der Waals surface area (Å²) in [4.78, 5) is 11.3. The van der Waals surface area contributed by atoms with Crippen LogP contribution in [0.15, 0.2) is 29.2 Å². The highest BCUT2D eigenvalue weighted by Crippen LogP contribution is 2.25.